The van der Waals surface area contributed by atoms with Gasteiger partial charge in [0.1, 0.15) is 6.61 Å². The molecule has 0 unspecified atom stereocenters. The topological polar surface area (TPSA) is 96.6 Å². The van der Waals surface area contributed by atoms with Crippen LogP contribution in [0.4, 0.5) is 11.6 Å². The summed E-state index contributed by atoms with van der Waals surface area (Å²) >= 11 is 1.50. The van der Waals surface area contributed by atoms with Gasteiger partial charge in [0.25, 0.3) is 0 Å². The van der Waals surface area contributed by atoms with Gasteiger partial charge in [0.2, 0.25) is 17.7 Å². The smallest absolute Gasteiger partial charge is 0.248 e. The van der Waals surface area contributed by atoms with Crippen LogP contribution in [0.5, 0.6) is 5.88 Å². The lowest BCUT2D eigenvalue weighted by molar-refractivity contribution is 0.1000. The maximum absolute atomic E-state index is 11.4. The number of benzene rings is 2. The summed E-state index contributed by atoms with van der Waals surface area (Å²) < 4.78 is 6.27. The molecule has 182 valence electrons. The SMILES string of the molecule is CN1CCN(c2ncc(Sc3ccc(C(N)=O)cc3)c(OCc3cccc(NC4CC4)c3)n2)CC1. The highest BCUT2D eigenvalue weighted by atomic mass is 32.2. The molecule has 2 aliphatic rings. The molecule has 1 aliphatic heterocycles. The van der Waals surface area contributed by atoms with E-state index in [-0.39, 0.29) is 0 Å². The molecule has 1 saturated carbocycles. The lowest BCUT2D eigenvalue weighted by atomic mass is 10.2. The molecule has 5 rings (SSSR count). The third kappa shape index (κ3) is 6.23. The number of amides is 1. The van der Waals surface area contributed by atoms with E-state index >= 15 is 0 Å². The van der Waals surface area contributed by atoms with Gasteiger partial charge < -0.3 is 25.6 Å². The molecule has 1 aliphatic carbocycles. The van der Waals surface area contributed by atoms with E-state index in [1.54, 1.807) is 12.1 Å². The normalized spacial score (nSPS) is 16.2. The number of nitrogens with zero attached hydrogens (tertiary/aromatic N) is 4. The van der Waals surface area contributed by atoms with Crippen LogP contribution < -0.4 is 20.7 Å². The second kappa shape index (κ2) is 10.5. The highest BCUT2D eigenvalue weighted by Gasteiger charge is 2.21. The van der Waals surface area contributed by atoms with Gasteiger partial charge in [-0.15, -0.1) is 0 Å². The van der Waals surface area contributed by atoms with Crippen molar-refractivity contribution in [3.63, 3.8) is 0 Å². The molecule has 0 radical (unpaired) electrons. The Kier molecular flexibility index (Phi) is 7.06. The van der Waals surface area contributed by atoms with Crippen LogP contribution in [0.3, 0.4) is 0 Å². The summed E-state index contributed by atoms with van der Waals surface area (Å²) in [6.07, 6.45) is 4.29. The van der Waals surface area contributed by atoms with Gasteiger partial charge in [-0.05, 0) is 61.9 Å². The van der Waals surface area contributed by atoms with Crippen molar-refractivity contribution in [1.29, 1.82) is 0 Å². The van der Waals surface area contributed by atoms with Crippen LogP contribution in [0, 0.1) is 0 Å². The van der Waals surface area contributed by atoms with Crippen molar-refractivity contribution in [2.75, 3.05) is 43.4 Å². The predicted molar refractivity (Wildman–Crippen MR) is 138 cm³/mol. The van der Waals surface area contributed by atoms with Gasteiger partial charge in [-0.2, -0.15) is 4.98 Å². The maximum atomic E-state index is 11.4. The minimum absolute atomic E-state index is 0.410. The van der Waals surface area contributed by atoms with E-state index < -0.39 is 5.91 Å². The Morgan fingerprint density at radius 3 is 2.63 bits per heavy atom. The number of primary amides is 1. The quantitative estimate of drug-likeness (QED) is 0.469. The fourth-order valence-corrected chi connectivity index (χ4v) is 4.68. The monoisotopic (exact) mass is 490 g/mol. The highest BCUT2D eigenvalue weighted by molar-refractivity contribution is 7.99. The van der Waals surface area contributed by atoms with Gasteiger partial charge >= 0.3 is 0 Å². The van der Waals surface area contributed by atoms with Crippen molar-refractivity contribution in [3.8, 4) is 5.88 Å². The lowest BCUT2D eigenvalue weighted by Gasteiger charge is -2.32. The zero-order valence-electron chi connectivity index (χ0n) is 19.8. The average Bonchev–Trinajstić information content (AvgIpc) is 3.68. The molecule has 2 fully saturated rings. The van der Waals surface area contributed by atoms with Crippen LogP contribution in [-0.4, -0.2) is 60.0 Å². The molecule has 9 heteroatoms. The summed E-state index contributed by atoms with van der Waals surface area (Å²) in [4.78, 5) is 27.1. The van der Waals surface area contributed by atoms with Crippen LogP contribution in [0.15, 0.2) is 64.5 Å². The number of anilines is 2. The van der Waals surface area contributed by atoms with E-state index in [0.29, 0.717) is 30.0 Å². The third-order valence-corrected chi connectivity index (χ3v) is 7.12. The molecule has 3 aromatic rings. The average molecular weight is 491 g/mol. The summed E-state index contributed by atoms with van der Waals surface area (Å²) in [6.45, 7) is 4.12. The van der Waals surface area contributed by atoms with Crippen molar-refractivity contribution in [2.24, 2.45) is 5.73 Å². The number of aromatic nitrogens is 2. The summed E-state index contributed by atoms with van der Waals surface area (Å²) in [7, 11) is 2.13. The summed E-state index contributed by atoms with van der Waals surface area (Å²) in [5.41, 5.74) is 8.06. The number of ether oxygens (including phenoxy) is 1. The van der Waals surface area contributed by atoms with Crippen molar-refractivity contribution in [2.45, 2.75) is 35.3 Å². The van der Waals surface area contributed by atoms with Gasteiger partial charge in [-0.1, -0.05) is 23.9 Å². The second-order valence-corrected chi connectivity index (χ2v) is 10.1. The number of nitrogens with two attached hydrogens (primary N) is 1. The largest absolute Gasteiger partial charge is 0.472 e. The molecular formula is C26H30N6O2S. The fourth-order valence-electron chi connectivity index (χ4n) is 3.86. The van der Waals surface area contributed by atoms with Crippen LogP contribution >= 0.6 is 11.8 Å². The Morgan fingerprint density at radius 1 is 1.14 bits per heavy atom. The number of carbonyl (C=O) groups is 1. The number of carbonyl (C=O) groups excluding carboxylic acids is 1. The van der Waals surface area contributed by atoms with Gasteiger partial charge in [-0.3, -0.25) is 4.79 Å². The van der Waals surface area contributed by atoms with E-state index in [2.05, 4.69) is 51.4 Å². The molecule has 1 saturated heterocycles. The highest BCUT2D eigenvalue weighted by Crippen LogP contribution is 2.35. The molecule has 35 heavy (non-hydrogen) atoms. The Balaban J connectivity index is 1.36. The molecule has 3 N–H and O–H groups in total. The zero-order chi connectivity index (χ0) is 24.2. The van der Waals surface area contributed by atoms with E-state index in [1.807, 2.05) is 18.3 Å². The van der Waals surface area contributed by atoms with Crippen LogP contribution in [0.25, 0.3) is 0 Å². The number of rotatable bonds is 9. The third-order valence-electron chi connectivity index (χ3n) is 6.11. The Labute approximate surface area is 209 Å². The number of hydrogen-bond donors (Lipinski definition) is 2. The lowest BCUT2D eigenvalue weighted by Crippen LogP contribution is -2.45. The standard InChI is InChI=1S/C26H30N6O2S/c1-31-11-13-32(14-12-31)26-28-16-23(35-22-9-5-19(6-10-22)24(27)33)25(30-26)34-17-18-3-2-4-21(15-18)29-20-7-8-20/h2-6,9-10,15-16,20,29H,7-8,11-14,17H2,1H3,(H2,27,33). The van der Waals surface area contributed by atoms with Gasteiger partial charge in [0, 0.05) is 48.4 Å². The number of nitrogens with one attached hydrogen (secondary N) is 1. The van der Waals surface area contributed by atoms with Gasteiger partial charge in [0.15, 0.2) is 0 Å². The molecule has 0 bridgehead atoms. The van der Waals surface area contributed by atoms with Gasteiger partial charge in [0.05, 0.1) is 11.1 Å². The summed E-state index contributed by atoms with van der Waals surface area (Å²) in [5.74, 6) is 0.799. The molecule has 0 atom stereocenters. The minimum atomic E-state index is -0.441. The molecule has 2 aromatic carbocycles. The molecule has 2 heterocycles. The Bertz CT molecular complexity index is 1180. The van der Waals surface area contributed by atoms with Gasteiger partial charge in [-0.25, -0.2) is 4.98 Å². The van der Waals surface area contributed by atoms with E-state index in [9.17, 15) is 4.79 Å². The van der Waals surface area contributed by atoms with Crippen LogP contribution in [0.2, 0.25) is 0 Å². The zero-order valence-corrected chi connectivity index (χ0v) is 20.6. The minimum Gasteiger partial charge on any atom is -0.472 e. The van der Waals surface area contributed by atoms with E-state index in [0.717, 1.165) is 47.2 Å². The molecule has 1 amide bonds. The van der Waals surface area contributed by atoms with Crippen molar-refractivity contribution in [3.05, 3.63) is 65.9 Å². The van der Waals surface area contributed by atoms with E-state index in [4.69, 9.17) is 15.5 Å². The second-order valence-electron chi connectivity index (χ2n) is 9.03. The van der Waals surface area contributed by atoms with Crippen molar-refractivity contribution < 1.29 is 9.53 Å². The molecule has 8 nitrogen and oxygen atoms in total. The first kappa shape index (κ1) is 23.4. The van der Waals surface area contributed by atoms with Crippen molar-refractivity contribution in [1.82, 2.24) is 14.9 Å². The summed E-state index contributed by atoms with van der Waals surface area (Å²) in [6, 6.07) is 16.1. The van der Waals surface area contributed by atoms with Crippen molar-refractivity contribution >= 4 is 29.3 Å². The fraction of sp³-hybridized carbons (Fsp3) is 0.346. The number of piperazine rings is 1. The predicted octanol–water partition coefficient (Wildman–Crippen LogP) is 3.63. The van der Waals surface area contributed by atoms with E-state index in [1.165, 1.54) is 24.6 Å². The maximum Gasteiger partial charge on any atom is 0.248 e. The summed E-state index contributed by atoms with van der Waals surface area (Å²) in [5, 5.41) is 3.54. The van der Waals surface area contributed by atoms with Crippen LogP contribution in [-0.2, 0) is 6.61 Å². The first-order chi connectivity index (χ1) is 17.0. The number of hydrogen-bond acceptors (Lipinski definition) is 8. The first-order valence-electron chi connectivity index (χ1n) is 11.9. The molecule has 0 spiro atoms. The number of likely N-dealkylation sites (N-methyl/N-ethyl adjacent to an activating group) is 1. The molecular weight excluding hydrogens is 460 g/mol. The Hall–Kier alpha value is -3.30. The molecule has 1 aromatic heterocycles. The Morgan fingerprint density at radius 2 is 1.91 bits per heavy atom. The first-order valence-corrected chi connectivity index (χ1v) is 12.7. The van der Waals surface area contributed by atoms with Crippen LogP contribution in [0.1, 0.15) is 28.8 Å².